The molecule has 0 aliphatic carbocycles. The molecule has 0 aliphatic heterocycles. The summed E-state index contributed by atoms with van der Waals surface area (Å²) in [5.74, 6) is 0.760. The number of hydrogen-bond donors (Lipinski definition) is 2. The maximum atomic E-state index is 5.66. The summed E-state index contributed by atoms with van der Waals surface area (Å²) in [6.45, 7) is 0. The van der Waals surface area contributed by atoms with Crippen LogP contribution in [0.25, 0.3) is 0 Å². The van der Waals surface area contributed by atoms with Gasteiger partial charge in [0.05, 0.1) is 0 Å². The van der Waals surface area contributed by atoms with Crippen LogP contribution in [-0.4, -0.2) is 4.98 Å². The fourth-order valence-electron chi connectivity index (χ4n) is 1.20. The molecule has 0 bridgehead atoms. The Hall–Kier alpha value is -1.30. The van der Waals surface area contributed by atoms with Gasteiger partial charge in [0.1, 0.15) is 5.82 Å². The van der Waals surface area contributed by atoms with Crippen molar-refractivity contribution in [1.29, 1.82) is 0 Å². The molecule has 3 N–H and O–H groups in total. The molecule has 0 saturated heterocycles. The van der Waals surface area contributed by atoms with Crippen LogP contribution in [-0.2, 0) is 0 Å². The minimum Gasteiger partial charge on any atom is -0.399 e. The van der Waals surface area contributed by atoms with Crippen LogP contribution in [0, 0.1) is 3.57 Å². The molecule has 1 aromatic heterocycles. The lowest BCUT2D eigenvalue weighted by Crippen LogP contribution is -1.94. The van der Waals surface area contributed by atoms with Crippen molar-refractivity contribution in [2.24, 2.45) is 0 Å². The first-order valence-electron chi connectivity index (χ1n) is 4.48. The van der Waals surface area contributed by atoms with E-state index in [4.69, 9.17) is 5.73 Å². The van der Waals surface area contributed by atoms with E-state index >= 15 is 0 Å². The van der Waals surface area contributed by atoms with Gasteiger partial charge in [0.25, 0.3) is 0 Å². The van der Waals surface area contributed by atoms with Crippen LogP contribution in [0.15, 0.2) is 42.6 Å². The van der Waals surface area contributed by atoms with Crippen LogP contribution < -0.4 is 11.1 Å². The van der Waals surface area contributed by atoms with Crippen molar-refractivity contribution in [1.82, 2.24) is 4.98 Å². The zero-order valence-corrected chi connectivity index (χ0v) is 10.1. The van der Waals surface area contributed by atoms with Gasteiger partial charge in [0.15, 0.2) is 0 Å². The topological polar surface area (TPSA) is 50.9 Å². The number of hydrogen-bond acceptors (Lipinski definition) is 3. The van der Waals surface area contributed by atoms with Crippen LogP contribution in [0.3, 0.4) is 0 Å². The number of nitrogens with two attached hydrogens (primary N) is 1. The largest absolute Gasteiger partial charge is 0.399 e. The van der Waals surface area contributed by atoms with Crippen molar-refractivity contribution in [3.63, 3.8) is 0 Å². The number of anilines is 3. The fourth-order valence-corrected chi connectivity index (χ4v) is 1.56. The minimum atomic E-state index is 0.706. The van der Waals surface area contributed by atoms with E-state index in [9.17, 15) is 0 Å². The van der Waals surface area contributed by atoms with Gasteiger partial charge in [-0.25, -0.2) is 4.98 Å². The van der Waals surface area contributed by atoms with Crippen molar-refractivity contribution >= 4 is 39.8 Å². The van der Waals surface area contributed by atoms with E-state index in [1.165, 1.54) is 3.57 Å². The maximum Gasteiger partial charge on any atom is 0.132 e. The predicted molar refractivity (Wildman–Crippen MR) is 71.1 cm³/mol. The number of nitrogen functional groups attached to an aromatic ring is 1. The monoisotopic (exact) mass is 311 g/mol. The quantitative estimate of drug-likeness (QED) is 0.838. The van der Waals surface area contributed by atoms with Gasteiger partial charge >= 0.3 is 0 Å². The first-order chi connectivity index (χ1) is 7.24. The Labute approximate surface area is 102 Å². The molecule has 0 spiro atoms. The number of pyridine rings is 1. The number of nitrogens with one attached hydrogen (secondary N) is 1. The van der Waals surface area contributed by atoms with Crippen molar-refractivity contribution in [2.75, 3.05) is 11.1 Å². The minimum absolute atomic E-state index is 0.706. The van der Waals surface area contributed by atoms with Crippen LogP contribution in [0.1, 0.15) is 0 Å². The van der Waals surface area contributed by atoms with Gasteiger partial charge in [-0.3, -0.25) is 0 Å². The summed E-state index contributed by atoms with van der Waals surface area (Å²) < 4.78 is 1.21. The molecule has 0 unspecified atom stereocenters. The third-order valence-corrected chi connectivity index (χ3v) is 2.62. The summed E-state index contributed by atoms with van der Waals surface area (Å²) in [5.41, 5.74) is 7.37. The van der Waals surface area contributed by atoms with Crippen molar-refractivity contribution in [3.8, 4) is 0 Å². The molecule has 76 valence electrons. The number of rotatable bonds is 2. The van der Waals surface area contributed by atoms with E-state index in [0.717, 1.165) is 11.5 Å². The highest BCUT2D eigenvalue weighted by atomic mass is 127. The molecule has 1 aromatic carbocycles. The Morgan fingerprint density at radius 1 is 1.13 bits per heavy atom. The second-order valence-corrected chi connectivity index (χ2v) is 4.35. The molecule has 1 heterocycles. The van der Waals surface area contributed by atoms with Crippen molar-refractivity contribution in [2.45, 2.75) is 0 Å². The SMILES string of the molecule is Nc1ccnc(Nc2ccc(I)cc2)c1. The van der Waals surface area contributed by atoms with Crippen molar-refractivity contribution < 1.29 is 0 Å². The number of aromatic nitrogens is 1. The van der Waals surface area contributed by atoms with E-state index in [1.807, 2.05) is 24.3 Å². The molecule has 15 heavy (non-hydrogen) atoms. The molecule has 0 fully saturated rings. The molecular formula is C11H10IN3. The Balaban J connectivity index is 2.18. The smallest absolute Gasteiger partial charge is 0.132 e. The predicted octanol–water partition coefficient (Wildman–Crippen LogP) is 3.01. The normalized spacial score (nSPS) is 9.93. The highest BCUT2D eigenvalue weighted by Gasteiger charge is 1.95. The number of benzene rings is 1. The molecule has 2 aromatic rings. The fraction of sp³-hybridized carbons (Fsp3) is 0. The van der Waals surface area contributed by atoms with Crippen LogP contribution in [0.2, 0.25) is 0 Å². The van der Waals surface area contributed by atoms with Gasteiger partial charge in [-0.2, -0.15) is 0 Å². The lowest BCUT2D eigenvalue weighted by atomic mass is 10.3. The van der Waals surface area contributed by atoms with Crippen molar-refractivity contribution in [3.05, 3.63) is 46.2 Å². The molecule has 2 rings (SSSR count). The molecule has 0 aliphatic rings. The lowest BCUT2D eigenvalue weighted by molar-refractivity contribution is 1.31. The summed E-state index contributed by atoms with van der Waals surface area (Å²) in [7, 11) is 0. The van der Waals surface area contributed by atoms with E-state index in [-0.39, 0.29) is 0 Å². The first kappa shape index (κ1) is 10.2. The Morgan fingerprint density at radius 2 is 1.87 bits per heavy atom. The highest BCUT2D eigenvalue weighted by molar-refractivity contribution is 14.1. The van der Waals surface area contributed by atoms with Gasteiger partial charge in [-0.05, 0) is 52.9 Å². The second-order valence-electron chi connectivity index (χ2n) is 3.11. The molecule has 0 saturated carbocycles. The van der Waals surface area contributed by atoms with Gasteiger partial charge < -0.3 is 11.1 Å². The molecule has 0 radical (unpaired) electrons. The van der Waals surface area contributed by atoms with Crippen LogP contribution in [0.5, 0.6) is 0 Å². The third kappa shape index (κ3) is 2.82. The third-order valence-electron chi connectivity index (χ3n) is 1.90. The molecule has 0 atom stereocenters. The summed E-state index contributed by atoms with van der Waals surface area (Å²) in [4.78, 5) is 4.16. The zero-order valence-electron chi connectivity index (χ0n) is 7.94. The molecule has 4 heteroatoms. The lowest BCUT2D eigenvalue weighted by Gasteiger charge is -2.05. The number of nitrogens with zero attached hydrogens (tertiary/aromatic N) is 1. The van der Waals surface area contributed by atoms with E-state index in [2.05, 4.69) is 32.9 Å². The summed E-state index contributed by atoms with van der Waals surface area (Å²) in [5, 5.41) is 3.18. The summed E-state index contributed by atoms with van der Waals surface area (Å²) >= 11 is 2.27. The van der Waals surface area contributed by atoms with Gasteiger partial charge in [0, 0.05) is 27.2 Å². The Morgan fingerprint density at radius 3 is 2.53 bits per heavy atom. The average molecular weight is 311 g/mol. The molecular weight excluding hydrogens is 301 g/mol. The van der Waals surface area contributed by atoms with Gasteiger partial charge in [0.2, 0.25) is 0 Å². The van der Waals surface area contributed by atoms with Gasteiger partial charge in [-0.15, -0.1) is 0 Å². The molecule has 0 amide bonds. The summed E-state index contributed by atoms with van der Waals surface area (Å²) in [6, 6.07) is 11.7. The Kier molecular flexibility index (Phi) is 3.05. The number of halogens is 1. The summed E-state index contributed by atoms with van der Waals surface area (Å²) in [6.07, 6.45) is 1.68. The second kappa shape index (κ2) is 4.48. The zero-order chi connectivity index (χ0) is 10.7. The van der Waals surface area contributed by atoms with E-state index < -0.39 is 0 Å². The van der Waals surface area contributed by atoms with Crippen LogP contribution in [0.4, 0.5) is 17.2 Å². The maximum absolute atomic E-state index is 5.66. The van der Waals surface area contributed by atoms with Gasteiger partial charge in [-0.1, -0.05) is 0 Å². The average Bonchev–Trinajstić information content (AvgIpc) is 2.22. The highest BCUT2D eigenvalue weighted by Crippen LogP contribution is 2.17. The standard InChI is InChI=1S/C11H10IN3/c12-8-1-3-10(4-2-8)15-11-7-9(13)5-6-14-11/h1-7H,(H3,13,14,15). The van der Waals surface area contributed by atoms with Crippen LogP contribution >= 0.6 is 22.6 Å². The Bertz CT molecular complexity index is 454. The van der Waals surface area contributed by atoms with E-state index in [1.54, 1.807) is 18.3 Å². The first-order valence-corrected chi connectivity index (χ1v) is 5.56. The van der Waals surface area contributed by atoms with E-state index in [0.29, 0.717) is 5.69 Å². The molecule has 3 nitrogen and oxygen atoms in total.